The number of aliphatic imine (C=N–C) groups is 1. The van der Waals surface area contributed by atoms with Crippen LogP contribution < -0.4 is 10.6 Å². The molecule has 2 rings (SSSR count). The van der Waals surface area contributed by atoms with Crippen molar-refractivity contribution in [2.24, 2.45) is 4.99 Å². The number of hydrogen-bond acceptors (Lipinski definition) is 3. The van der Waals surface area contributed by atoms with Crippen molar-refractivity contribution in [3.05, 3.63) is 21.9 Å². The van der Waals surface area contributed by atoms with Gasteiger partial charge in [-0.25, -0.2) is 4.99 Å². The van der Waals surface area contributed by atoms with E-state index in [1.807, 2.05) is 16.2 Å². The summed E-state index contributed by atoms with van der Waals surface area (Å²) in [4.78, 5) is 21.4. The maximum Gasteiger partial charge on any atom is 0.222 e. The van der Waals surface area contributed by atoms with Crippen LogP contribution in [-0.4, -0.2) is 42.9 Å². The van der Waals surface area contributed by atoms with Crippen LogP contribution in [0.25, 0.3) is 0 Å². The van der Waals surface area contributed by atoms with Crippen LogP contribution in [0.4, 0.5) is 0 Å². The molecule has 0 spiro atoms. The van der Waals surface area contributed by atoms with Crippen molar-refractivity contribution >= 4 is 23.2 Å². The lowest BCUT2D eigenvalue weighted by Crippen LogP contribution is -2.39. The predicted molar refractivity (Wildman–Crippen MR) is 106 cm³/mol. The molecule has 1 amide bonds. The first kappa shape index (κ1) is 19.8. The van der Waals surface area contributed by atoms with Crippen LogP contribution >= 0.6 is 11.3 Å². The quantitative estimate of drug-likeness (QED) is 0.423. The number of guanidine groups is 1. The monoisotopic (exact) mass is 364 g/mol. The van der Waals surface area contributed by atoms with Gasteiger partial charge in [-0.1, -0.05) is 13.3 Å². The number of rotatable bonds is 8. The van der Waals surface area contributed by atoms with Gasteiger partial charge in [0.15, 0.2) is 5.96 Å². The number of nitrogens with zero attached hydrogens (tertiary/aromatic N) is 2. The molecule has 25 heavy (non-hydrogen) atoms. The molecule has 0 aromatic carbocycles. The standard InChI is InChI=1S/C19H32N4OS/c1-3-16-10-11-17(25-16)15-22-19(20-4-2)21-12-8-14-23-13-7-5-6-9-18(23)24/h10-11H,3-9,12-15H2,1-2H3,(H2,20,21,22). The molecule has 2 heterocycles. The zero-order chi connectivity index (χ0) is 17.9. The molecule has 1 aliphatic heterocycles. The third-order valence-corrected chi connectivity index (χ3v) is 5.59. The van der Waals surface area contributed by atoms with Crippen LogP contribution in [0, 0.1) is 0 Å². The SMILES string of the molecule is CCNC(=NCc1ccc(CC)s1)NCCCN1CCCCCC1=O. The van der Waals surface area contributed by atoms with Gasteiger partial charge < -0.3 is 15.5 Å². The highest BCUT2D eigenvalue weighted by Crippen LogP contribution is 2.17. The van der Waals surface area contributed by atoms with Crippen LogP contribution in [0.3, 0.4) is 0 Å². The van der Waals surface area contributed by atoms with Crippen molar-refractivity contribution in [1.29, 1.82) is 0 Å². The van der Waals surface area contributed by atoms with E-state index in [-0.39, 0.29) is 0 Å². The molecule has 1 aromatic rings. The lowest BCUT2D eigenvalue weighted by molar-refractivity contribution is -0.130. The van der Waals surface area contributed by atoms with Gasteiger partial charge in [-0.2, -0.15) is 0 Å². The largest absolute Gasteiger partial charge is 0.357 e. The van der Waals surface area contributed by atoms with E-state index in [0.717, 1.165) is 64.2 Å². The second-order valence-corrected chi connectivity index (χ2v) is 7.64. The summed E-state index contributed by atoms with van der Waals surface area (Å²) in [7, 11) is 0. The van der Waals surface area contributed by atoms with Crippen LogP contribution in [0.1, 0.15) is 55.7 Å². The molecule has 1 aromatic heterocycles. The highest BCUT2D eigenvalue weighted by molar-refractivity contribution is 7.11. The zero-order valence-corrected chi connectivity index (χ0v) is 16.5. The Morgan fingerprint density at radius 1 is 1.20 bits per heavy atom. The maximum absolute atomic E-state index is 12.0. The Kier molecular flexibility index (Phi) is 8.80. The second kappa shape index (κ2) is 11.1. The Hall–Kier alpha value is -1.56. The Morgan fingerprint density at radius 2 is 2.04 bits per heavy atom. The first-order valence-corrected chi connectivity index (χ1v) is 10.4. The minimum Gasteiger partial charge on any atom is -0.357 e. The molecule has 0 atom stereocenters. The average Bonchev–Trinajstić information content (AvgIpc) is 2.99. The first-order chi connectivity index (χ1) is 12.2. The summed E-state index contributed by atoms with van der Waals surface area (Å²) < 4.78 is 0. The summed E-state index contributed by atoms with van der Waals surface area (Å²) in [6.45, 7) is 8.42. The molecule has 2 N–H and O–H groups in total. The number of nitrogens with one attached hydrogen (secondary N) is 2. The van der Waals surface area contributed by atoms with Crippen molar-refractivity contribution in [1.82, 2.24) is 15.5 Å². The van der Waals surface area contributed by atoms with Gasteiger partial charge in [-0.3, -0.25) is 4.79 Å². The third kappa shape index (κ3) is 7.06. The molecule has 5 nitrogen and oxygen atoms in total. The highest BCUT2D eigenvalue weighted by Gasteiger charge is 2.15. The molecule has 0 saturated carbocycles. The van der Waals surface area contributed by atoms with E-state index in [1.165, 1.54) is 16.2 Å². The average molecular weight is 365 g/mol. The number of likely N-dealkylation sites (tertiary alicyclic amines) is 1. The van der Waals surface area contributed by atoms with Gasteiger partial charge in [0.05, 0.1) is 6.54 Å². The van der Waals surface area contributed by atoms with E-state index >= 15 is 0 Å². The summed E-state index contributed by atoms with van der Waals surface area (Å²) in [5, 5.41) is 6.68. The number of amides is 1. The van der Waals surface area contributed by atoms with Crippen molar-refractivity contribution in [2.75, 3.05) is 26.2 Å². The highest BCUT2D eigenvalue weighted by atomic mass is 32.1. The Balaban J connectivity index is 1.74. The van der Waals surface area contributed by atoms with Gasteiger partial charge >= 0.3 is 0 Å². The van der Waals surface area contributed by atoms with Gasteiger partial charge in [-0.05, 0) is 44.7 Å². The summed E-state index contributed by atoms with van der Waals surface area (Å²) in [6, 6.07) is 4.36. The van der Waals surface area contributed by atoms with E-state index < -0.39 is 0 Å². The normalized spacial score (nSPS) is 16.0. The van der Waals surface area contributed by atoms with Gasteiger partial charge in [0.2, 0.25) is 5.91 Å². The smallest absolute Gasteiger partial charge is 0.222 e. The van der Waals surface area contributed by atoms with E-state index in [0.29, 0.717) is 12.5 Å². The van der Waals surface area contributed by atoms with Crippen molar-refractivity contribution < 1.29 is 4.79 Å². The predicted octanol–water partition coefficient (Wildman–Crippen LogP) is 3.16. The van der Waals surface area contributed by atoms with Gasteiger partial charge in [0.1, 0.15) is 0 Å². The van der Waals surface area contributed by atoms with Crippen LogP contribution in [0.5, 0.6) is 0 Å². The van der Waals surface area contributed by atoms with E-state index in [2.05, 4.69) is 41.6 Å². The van der Waals surface area contributed by atoms with Gasteiger partial charge in [-0.15, -0.1) is 11.3 Å². The van der Waals surface area contributed by atoms with E-state index in [9.17, 15) is 4.79 Å². The zero-order valence-electron chi connectivity index (χ0n) is 15.6. The van der Waals surface area contributed by atoms with E-state index in [1.54, 1.807) is 0 Å². The van der Waals surface area contributed by atoms with Crippen molar-refractivity contribution in [3.8, 4) is 0 Å². The van der Waals surface area contributed by atoms with Crippen LogP contribution in [-0.2, 0) is 17.8 Å². The van der Waals surface area contributed by atoms with Crippen molar-refractivity contribution in [3.63, 3.8) is 0 Å². The fraction of sp³-hybridized carbons (Fsp3) is 0.684. The molecule has 140 valence electrons. The lowest BCUT2D eigenvalue weighted by Gasteiger charge is -2.20. The maximum atomic E-state index is 12.0. The van der Waals surface area contributed by atoms with E-state index in [4.69, 9.17) is 0 Å². The Bertz CT molecular complexity index is 555. The first-order valence-electron chi connectivity index (χ1n) is 9.60. The van der Waals surface area contributed by atoms with Gasteiger partial charge in [0.25, 0.3) is 0 Å². The molecule has 1 fully saturated rings. The minimum absolute atomic E-state index is 0.322. The lowest BCUT2D eigenvalue weighted by atomic mass is 10.2. The molecule has 1 saturated heterocycles. The number of carbonyl (C=O) groups excluding carboxylic acids is 1. The summed E-state index contributed by atoms with van der Waals surface area (Å²) >= 11 is 1.84. The Morgan fingerprint density at radius 3 is 2.80 bits per heavy atom. The number of carbonyl (C=O) groups is 1. The van der Waals surface area contributed by atoms with Gasteiger partial charge in [0, 0.05) is 42.4 Å². The molecule has 6 heteroatoms. The minimum atomic E-state index is 0.322. The fourth-order valence-corrected chi connectivity index (χ4v) is 3.83. The molecule has 1 aliphatic rings. The molecule has 0 aliphatic carbocycles. The van der Waals surface area contributed by atoms with Crippen molar-refractivity contribution in [2.45, 2.75) is 58.9 Å². The second-order valence-electron chi connectivity index (χ2n) is 6.39. The summed E-state index contributed by atoms with van der Waals surface area (Å²) in [5.74, 6) is 1.18. The summed E-state index contributed by atoms with van der Waals surface area (Å²) in [5.41, 5.74) is 0. The van der Waals surface area contributed by atoms with Crippen LogP contribution in [0.15, 0.2) is 17.1 Å². The third-order valence-electron chi connectivity index (χ3n) is 4.37. The molecule has 0 unspecified atom stereocenters. The number of hydrogen-bond donors (Lipinski definition) is 2. The number of aryl methyl sites for hydroxylation is 1. The number of thiophene rings is 1. The van der Waals surface area contributed by atoms with Crippen LogP contribution in [0.2, 0.25) is 0 Å². The topological polar surface area (TPSA) is 56.7 Å². The molecule has 0 radical (unpaired) electrons. The Labute approximate surface area is 155 Å². The molecular weight excluding hydrogens is 332 g/mol. The summed E-state index contributed by atoms with van der Waals surface area (Å²) in [6.07, 6.45) is 6.13. The molecular formula is C19H32N4OS. The molecule has 0 bridgehead atoms. The fourth-order valence-electron chi connectivity index (χ4n) is 2.95.